The number of phenolic OH excluding ortho intramolecular Hbond substituents is 2. The van der Waals surface area contributed by atoms with Gasteiger partial charge in [0.05, 0.1) is 6.54 Å². The van der Waals surface area contributed by atoms with Crippen LogP contribution < -0.4 is 5.32 Å². The molecule has 17 heavy (non-hydrogen) atoms. The van der Waals surface area contributed by atoms with E-state index in [1.54, 1.807) is 0 Å². The van der Waals surface area contributed by atoms with Crippen molar-refractivity contribution >= 4 is 11.9 Å². The van der Waals surface area contributed by atoms with Crippen LogP contribution >= 0.6 is 0 Å². The second-order valence-corrected chi connectivity index (χ2v) is 3.27. The van der Waals surface area contributed by atoms with Gasteiger partial charge in [0, 0.05) is 5.56 Å². The van der Waals surface area contributed by atoms with E-state index in [0.29, 0.717) is 0 Å². The van der Waals surface area contributed by atoms with Gasteiger partial charge in [-0.05, 0) is 18.2 Å². The molecule has 0 bridgehead atoms. The van der Waals surface area contributed by atoms with E-state index in [-0.39, 0.29) is 11.3 Å². The van der Waals surface area contributed by atoms with Gasteiger partial charge in [0.1, 0.15) is 0 Å². The normalized spacial score (nSPS) is 11.8. The number of carboxylic acid groups (broad SMARTS) is 1. The molecule has 0 unspecified atom stereocenters. The first-order chi connectivity index (χ1) is 7.91. The van der Waals surface area contributed by atoms with Gasteiger partial charge in [-0.15, -0.1) is 0 Å². The summed E-state index contributed by atoms with van der Waals surface area (Å²) in [6.07, 6.45) is -1.69. The Morgan fingerprint density at radius 2 is 1.88 bits per heavy atom. The lowest BCUT2D eigenvalue weighted by atomic mass is 10.2. The van der Waals surface area contributed by atoms with Crippen LogP contribution in [0.25, 0.3) is 0 Å². The highest BCUT2D eigenvalue weighted by atomic mass is 16.4. The molecule has 7 nitrogen and oxygen atoms in total. The summed E-state index contributed by atoms with van der Waals surface area (Å²) < 4.78 is 0. The first-order valence-electron chi connectivity index (χ1n) is 4.63. The molecule has 92 valence electrons. The number of phenols is 2. The minimum atomic E-state index is -1.69. The fourth-order valence-electron chi connectivity index (χ4n) is 1.04. The Labute approximate surface area is 95.9 Å². The number of nitrogens with one attached hydrogen (secondary N) is 1. The molecule has 0 saturated heterocycles. The fraction of sp³-hybridized carbons (Fsp3) is 0.200. The van der Waals surface area contributed by atoms with Gasteiger partial charge >= 0.3 is 5.97 Å². The molecule has 7 heteroatoms. The quantitative estimate of drug-likeness (QED) is 0.442. The van der Waals surface area contributed by atoms with E-state index in [9.17, 15) is 9.59 Å². The molecular weight excluding hydrogens is 230 g/mol. The summed E-state index contributed by atoms with van der Waals surface area (Å²) in [7, 11) is 0. The van der Waals surface area contributed by atoms with Crippen LogP contribution in [0.15, 0.2) is 18.2 Å². The van der Waals surface area contributed by atoms with Gasteiger partial charge in [-0.3, -0.25) is 4.79 Å². The van der Waals surface area contributed by atoms with E-state index in [2.05, 4.69) is 5.32 Å². The number of hydrogen-bond donors (Lipinski definition) is 5. The first-order valence-corrected chi connectivity index (χ1v) is 4.63. The van der Waals surface area contributed by atoms with E-state index in [1.807, 2.05) is 0 Å². The maximum absolute atomic E-state index is 11.4. The highest BCUT2D eigenvalue weighted by Crippen LogP contribution is 2.24. The molecule has 5 N–H and O–H groups in total. The van der Waals surface area contributed by atoms with E-state index >= 15 is 0 Å². The fourth-order valence-corrected chi connectivity index (χ4v) is 1.04. The van der Waals surface area contributed by atoms with Crippen LogP contribution in [0.1, 0.15) is 10.4 Å². The third kappa shape index (κ3) is 3.35. The maximum Gasteiger partial charge on any atom is 0.334 e. The molecule has 0 radical (unpaired) electrons. The van der Waals surface area contributed by atoms with Crippen LogP contribution in [-0.2, 0) is 4.79 Å². The molecular formula is C10H11NO6. The third-order valence-electron chi connectivity index (χ3n) is 1.98. The predicted molar refractivity (Wildman–Crippen MR) is 55.7 cm³/mol. The zero-order valence-electron chi connectivity index (χ0n) is 8.62. The zero-order chi connectivity index (χ0) is 13.0. The molecule has 1 amide bonds. The van der Waals surface area contributed by atoms with Crippen molar-refractivity contribution in [1.29, 1.82) is 0 Å². The topological polar surface area (TPSA) is 127 Å². The minimum absolute atomic E-state index is 0.0397. The van der Waals surface area contributed by atoms with Crippen molar-refractivity contribution < 1.29 is 30.0 Å². The molecule has 1 aromatic rings. The first kappa shape index (κ1) is 12.8. The summed E-state index contributed by atoms with van der Waals surface area (Å²) in [4.78, 5) is 21.7. The second kappa shape index (κ2) is 5.17. The Kier molecular flexibility index (Phi) is 3.89. The van der Waals surface area contributed by atoms with Crippen molar-refractivity contribution in [3.63, 3.8) is 0 Å². The summed E-state index contributed by atoms with van der Waals surface area (Å²) in [5, 5.41) is 37.6. The zero-order valence-corrected chi connectivity index (χ0v) is 8.62. The van der Waals surface area contributed by atoms with Crippen molar-refractivity contribution in [2.24, 2.45) is 0 Å². The highest BCUT2D eigenvalue weighted by molar-refractivity contribution is 5.95. The average molecular weight is 241 g/mol. The Hall–Kier alpha value is -2.28. The maximum atomic E-state index is 11.4. The third-order valence-corrected chi connectivity index (χ3v) is 1.98. The number of aliphatic hydroxyl groups excluding tert-OH is 1. The lowest BCUT2D eigenvalue weighted by Gasteiger charge is -2.08. The van der Waals surface area contributed by atoms with Crippen LogP contribution in [-0.4, -0.2) is 45.0 Å². The number of hydrogen-bond acceptors (Lipinski definition) is 5. The average Bonchev–Trinajstić information content (AvgIpc) is 2.28. The second-order valence-electron chi connectivity index (χ2n) is 3.27. The molecule has 0 spiro atoms. The number of aliphatic hydroxyl groups is 1. The molecule has 0 saturated carbocycles. The number of carboxylic acids is 1. The number of aromatic hydroxyl groups is 2. The van der Waals surface area contributed by atoms with Crippen LogP contribution in [0.4, 0.5) is 0 Å². The van der Waals surface area contributed by atoms with Crippen LogP contribution in [0.5, 0.6) is 11.5 Å². The number of amides is 1. The molecule has 0 aliphatic heterocycles. The lowest BCUT2D eigenvalue weighted by molar-refractivity contribution is -0.146. The lowest BCUT2D eigenvalue weighted by Crippen LogP contribution is -2.36. The Bertz CT molecular complexity index is 444. The van der Waals surface area contributed by atoms with E-state index in [4.69, 9.17) is 20.4 Å². The van der Waals surface area contributed by atoms with Gasteiger partial charge in [0.2, 0.25) is 0 Å². The van der Waals surface area contributed by atoms with E-state index < -0.39 is 30.3 Å². The van der Waals surface area contributed by atoms with Gasteiger partial charge in [-0.1, -0.05) is 0 Å². The molecule has 0 aliphatic carbocycles. The standard InChI is InChI=1S/C10H11NO6/c12-6-2-1-5(3-7(6)13)9(15)11-4-8(14)10(16)17/h1-3,8,12-14H,4H2,(H,11,15)(H,16,17)/t8-/m0/s1. The van der Waals surface area contributed by atoms with Crippen LogP contribution in [0, 0.1) is 0 Å². The van der Waals surface area contributed by atoms with E-state index in [1.165, 1.54) is 6.07 Å². The summed E-state index contributed by atoms with van der Waals surface area (Å²) in [5.74, 6) is -2.94. The van der Waals surface area contributed by atoms with Crippen molar-refractivity contribution in [1.82, 2.24) is 5.32 Å². The number of rotatable bonds is 4. The Morgan fingerprint density at radius 3 is 2.41 bits per heavy atom. The molecule has 1 atom stereocenters. The summed E-state index contributed by atoms with van der Waals surface area (Å²) in [5.41, 5.74) is 0.0397. The molecule has 0 fully saturated rings. The molecule has 0 aromatic heterocycles. The van der Waals surface area contributed by atoms with Crippen molar-refractivity contribution in [3.8, 4) is 11.5 Å². The van der Waals surface area contributed by atoms with Gasteiger partial charge in [0.15, 0.2) is 17.6 Å². The predicted octanol–water partition coefficient (Wildman–Crippen LogP) is -0.727. The van der Waals surface area contributed by atoms with E-state index in [0.717, 1.165) is 12.1 Å². The molecule has 1 aromatic carbocycles. The SMILES string of the molecule is O=C(NC[C@H](O)C(=O)O)c1ccc(O)c(O)c1. The Morgan fingerprint density at radius 1 is 1.24 bits per heavy atom. The number of aliphatic carboxylic acids is 1. The van der Waals surface area contributed by atoms with Crippen LogP contribution in [0.2, 0.25) is 0 Å². The van der Waals surface area contributed by atoms with Crippen molar-refractivity contribution in [3.05, 3.63) is 23.8 Å². The van der Waals surface area contributed by atoms with Crippen LogP contribution in [0.3, 0.4) is 0 Å². The summed E-state index contributed by atoms with van der Waals surface area (Å²) in [6, 6.07) is 3.40. The largest absolute Gasteiger partial charge is 0.504 e. The number of benzene rings is 1. The summed E-state index contributed by atoms with van der Waals surface area (Å²) in [6.45, 7) is -0.449. The number of carbonyl (C=O) groups excluding carboxylic acids is 1. The monoisotopic (exact) mass is 241 g/mol. The molecule has 0 aliphatic rings. The number of carbonyl (C=O) groups is 2. The van der Waals surface area contributed by atoms with Gasteiger partial charge < -0.3 is 25.7 Å². The highest BCUT2D eigenvalue weighted by Gasteiger charge is 2.15. The minimum Gasteiger partial charge on any atom is -0.504 e. The van der Waals surface area contributed by atoms with Crippen molar-refractivity contribution in [2.75, 3.05) is 6.54 Å². The summed E-state index contributed by atoms with van der Waals surface area (Å²) >= 11 is 0. The molecule has 1 rings (SSSR count). The van der Waals surface area contributed by atoms with Gasteiger partial charge in [-0.2, -0.15) is 0 Å². The van der Waals surface area contributed by atoms with Gasteiger partial charge in [-0.25, -0.2) is 4.79 Å². The Balaban J connectivity index is 2.64. The van der Waals surface area contributed by atoms with Gasteiger partial charge in [0.25, 0.3) is 5.91 Å². The molecule has 0 heterocycles. The van der Waals surface area contributed by atoms with Crippen molar-refractivity contribution in [2.45, 2.75) is 6.10 Å². The smallest absolute Gasteiger partial charge is 0.334 e.